The van der Waals surface area contributed by atoms with E-state index in [1.165, 1.54) is 6.33 Å². The molecule has 1 fully saturated rings. The van der Waals surface area contributed by atoms with Crippen LogP contribution in [0.25, 0.3) is 16.6 Å². The van der Waals surface area contributed by atoms with Crippen molar-refractivity contribution in [3.05, 3.63) is 36.3 Å². The molecule has 0 radical (unpaired) electrons. The highest BCUT2D eigenvalue weighted by atomic mass is 16.6. The molecule has 3 aromatic rings. The Kier molecular flexibility index (Phi) is 7.13. The summed E-state index contributed by atoms with van der Waals surface area (Å²) in [4.78, 5) is 21.3. The van der Waals surface area contributed by atoms with Crippen molar-refractivity contribution < 1.29 is 14.3 Å². The first-order valence-electron chi connectivity index (χ1n) is 11.8. The zero-order valence-electron chi connectivity index (χ0n) is 21.2. The van der Waals surface area contributed by atoms with Crippen molar-refractivity contribution in [1.82, 2.24) is 24.4 Å². The first-order valence-corrected chi connectivity index (χ1v) is 11.8. The standard InChI is InChI=1S/C25H35N7O3/c1-25(2,3)35-24(33)29-20-7-6-17(14-21(20)34-5)19-15-18(32-22(19)23(26)27-16-28-32)8-9-31-12-10-30(4)11-13-31/h6-7,14-16H,8-13H2,1-5H3,(H,29,33)(H2,26,27,28). The highest BCUT2D eigenvalue weighted by Crippen LogP contribution is 2.35. The second-order valence-electron chi connectivity index (χ2n) is 9.89. The molecule has 1 saturated heterocycles. The zero-order valence-corrected chi connectivity index (χ0v) is 21.2. The molecule has 2 aromatic heterocycles. The van der Waals surface area contributed by atoms with Crippen LogP contribution >= 0.6 is 0 Å². The van der Waals surface area contributed by atoms with Gasteiger partial charge in [0.15, 0.2) is 5.82 Å². The van der Waals surface area contributed by atoms with Crippen molar-refractivity contribution in [2.24, 2.45) is 0 Å². The first kappa shape index (κ1) is 24.7. The first-order chi connectivity index (χ1) is 16.6. The van der Waals surface area contributed by atoms with E-state index in [-0.39, 0.29) is 0 Å². The summed E-state index contributed by atoms with van der Waals surface area (Å²) in [5.41, 5.74) is 9.85. The zero-order chi connectivity index (χ0) is 25.2. The number of piperazine rings is 1. The number of rotatable bonds is 6. The lowest BCUT2D eigenvalue weighted by atomic mass is 10.1. The van der Waals surface area contributed by atoms with Crippen molar-refractivity contribution in [2.45, 2.75) is 32.8 Å². The number of likely N-dealkylation sites (N-methyl/N-ethyl adjacent to an activating group) is 1. The SMILES string of the molecule is COc1cc(-c2cc(CCN3CCN(C)CC3)n3ncnc(N)c23)ccc1NC(=O)OC(C)(C)C. The van der Waals surface area contributed by atoms with Crippen LogP contribution in [0.4, 0.5) is 16.3 Å². The molecule has 35 heavy (non-hydrogen) atoms. The summed E-state index contributed by atoms with van der Waals surface area (Å²) < 4.78 is 12.8. The number of benzene rings is 1. The van der Waals surface area contributed by atoms with Gasteiger partial charge < -0.3 is 25.0 Å². The number of ether oxygens (including phenoxy) is 2. The fraction of sp³-hybridized carbons (Fsp3) is 0.480. The average molecular weight is 482 g/mol. The topological polar surface area (TPSA) is 110 Å². The van der Waals surface area contributed by atoms with Gasteiger partial charge in [0, 0.05) is 50.4 Å². The van der Waals surface area contributed by atoms with Crippen LogP contribution in [-0.2, 0) is 11.2 Å². The highest BCUT2D eigenvalue weighted by Gasteiger charge is 2.20. The third-order valence-electron chi connectivity index (χ3n) is 6.08. The fourth-order valence-corrected chi connectivity index (χ4v) is 4.25. The number of hydrogen-bond acceptors (Lipinski definition) is 8. The number of carbonyl (C=O) groups is 1. The molecule has 10 nitrogen and oxygen atoms in total. The molecule has 0 bridgehead atoms. The Morgan fingerprint density at radius 1 is 1.17 bits per heavy atom. The van der Waals surface area contributed by atoms with Gasteiger partial charge in [-0.05, 0) is 51.6 Å². The summed E-state index contributed by atoms with van der Waals surface area (Å²) >= 11 is 0. The lowest BCUT2D eigenvalue weighted by Gasteiger charge is -2.32. The number of aromatic nitrogens is 3. The fourth-order valence-electron chi connectivity index (χ4n) is 4.25. The predicted octanol–water partition coefficient (Wildman–Crippen LogP) is 3.12. The Morgan fingerprint density at radius 3 is 2.60 bits per heavy atom. The van der Waals surface area contributed by atoms with Gasteiger partial charge in [0.05, 0.1) is 12.8 Å². The van der Waals surface area contributed by atoms with E-state index in [2.05, 4.69) is 38.3 Å². The molecule has 0 spiro atoms. The van der Waals surface area contributed by atoms with Gasteiger partial charge in [0.25, 0.3) is 0 Å². The summed E-state index contributed by atoms with van der Waals surface area (Å²) in [5.74, 6) is 0.929. The molecule has 1 aromatic carbocycles. The monoisotopic (exact) mass is 481 g/mol. The molecular formula is C25H35N7O3. The molecule has 0 unspecified atom stereocenters. The minimum absolute atomic E-state index is 0.413. The van der Waals surface area contributed by atoms with Gasteiger partial charge in [0.2, 0.25) is 0 Å². The van der Waals surface area contributed by atoms with Crippen LogP contribution in [0, 0.1) is 0 Å². The summed E-state index contributed by atoms with van der Waals surface area (Å²) in [7, 11) is 3.72. The summed E-state index contributed by atoms with van der Waals surface area (Å²) in [6, 6.07) is 7.71. The second-order valence-corrected chi connectivity index (χ2v) is 9.89. The van der Waals surface area contributed by atoms with Crippen LogP contribution in [0.5, 0.6) is 5.75 Å². The van der Waals surface area contributed by atoms with E-state index in [4.69, 9.17) is 15.2 Å². The van der Waals surface area contributed by atoms with Gasteiger partial charge in [0.1, 0.15) is 23.2 Å². The Balaban J connectivity index is 1.62. The van der Waals surface area contributed by atoms with E-state index < -0.39 is 11.7 Å². The second kappa shape index (κ2) is 10.1. The van der Waals surface area contributed by atoms with Gasteiger partial charge >= 0.3 is 6.09 Å². The Labute approximate surface area is 206 Å². The van der Waals surface area contributed by atoms with E-state index in [1.807, 2.05) is 37.4 Å². The van der Waals surface area contributed by atoms with Gasteiger partial charge in [-0.2, -0.15) is 5.10 Å². The number of amides is 1. The Hall–Kier alpha value is -3.37. The minimum atomic E-state index is -0.596. The van der Waals surface area contributed by atoms with Crippen LogP contribution in [-0.4, -0.2) is 83.0 Å². The number of anilines is 2. The van der Waals surface area contributed by atoms with Crippen molar-refractivity contribution in [2.75, 3.05) is 57.9 Å². The average Bonchev–Trinajstić information content (AvgIpc) is 3.18. The summed E-state index contributed by atoms with van der Waals surface area (Å²) in [6.07, 6.45) is 1.79. The van der Waals surface area contributed by atoms with Crippen LogP contribution in [0.3, 0.4) is 0 Å². The number of nitrogen functional groups attached to an aromatic ring is 1. The molecule has 1 aliphatic heterocycles. The van der Waals surface area contributed by atoms with Gasteiger partial charge in [-0.1, -0.05) is 6.07 Å². The third-order valence-corrected chi connectivity index (χ3v) is 6.08. The highest BCUT2D eigenvalue weighted by molar-refractivity contribution is 5.92. The van der Waals surface area contributed by atoms with Gasteiger partial charge in [-0.3, -0.25) is 5.32 Å². The van der Waals surface area contributed by atoms with Crippen LogP contribution in [0.1, 0.15) is 26.5 Å². The molecule has 10 heteroatoms. The molecule has 0 saturated carbocycles. The van der Waals surface area contributed by atoms with Gasteiger partial charge in [-0.15, -0.1) is 0 Å². The molecule has 188 valence electrons. The summed E-state index contributed by atoms with van der Waals surface area (Å²) in [5, 5.41) is 7.25. The number of methoxy groups -OCH3 is 1. The van der Waals surface area contributed by atoms with Gasteiger partial charge in [-0.25, -0.2) is 14.3 Å². The van der Waals surface area contributed by atoms with E-state index in [0.717, 1.165) is 61.5 Å². The van der Waals surface area contributed by atoms with Crippen molar-refractivity contribution >= 4 is 23.1 Å². The number of nitrogens with two attached hydrogens (primary N) is 1. The smallest absolute Gasteiger partial charge is 0.412 e. The van der Waals surface area contributed by atoms with E-state index in [9.17, 15) is 4.79 Å². The lowest BCUT2D eigenvalue weighted by Crippen LogP contribution is -2.45. The number of fused-ring (bicyclic) bond motifs is 1. The third kappa shape index (κ3) is 5.83. The quantitative estimate of drug-likeness (QED) is 0.553. The molecule has 0 atom stereocenters. The molecule has 3 heterocycles. The number of carbonyl (C=O) groups excluding carboxylic acids is 1. The maximum absolute atomic E-state index is 12.3. The maximum Gasteiger partial charge on any atom is 0.412 e. The number of nitrogens with one attached hydrogen (secondary N) is 1. The van der Waals surface area contributed by atoms with Crippen LogP contribution < -0.4 is 15.8 Å². The van der Waals surface area contributed by atoms with E-state index >= 15 is 0 Å². The summed E-state index contributed by atoms with van der Waals surface area (Å²) in [6.45, 7) is 10.7. The minimum Gasteiger partial charge on any atom is -0.495 e. The lowest BCUT2D eigenvalue weighted by molar-refractivity contribution is 0.0635. The Morgan fingerprint density at radius 2 is 1.91 bits per heavy atom. The van der Waals surface area contributed by atoms with Crippen LogP contribution in [0.2, 0.25) is 0 Å². The normalized spacial score (nSPS) is 15.3. The molecule has 4 rings (SSSR count). The number of hydrogen-bond donors (Lipinski definition) is 2. The largest absolute Gasteiger partial charge is 0.495 e. The number of nitrogens with zero attached hydrogens (tertiary/aromatic N) is 5. The predicted molar refractivity (Wildman–Crippen MR) is 137 cm³/mol. The van der Waals surface area contributed by atoms with Crippen molar-refractivity contribution in [3.8, 4) is 16.9 Å². The van der Waals surface area contributed by atoms with Crippen LogP contribution in [0.15, 0.2) is 30.6 Å². The molecule has 3 N–H and O–H groups in total. The molecule has 0 aliphatic carbocycles. The molecular weight excluding hydrogens is 446 g/mol. The Bertz CT molecular complexity index is 1190. The van der Waals surface area contributed by atoms with E-state index in [0.29, 0.717) is 17.3 Å². The van der Waals surface area contributed by atoms with E-state index in [1.54, 1.807) is 13.2 Å². The van der Waals surface area contributed by atoms with Crippen molar-refractivity contribution in [3.63, 3.8) is 0 Å². The maximum atomic E-state index is 12.3. The molecule has 1 aliphatic rings. The molecule has 1 amide bonds. The van der Waals surface area contributed by atoms with Crippen molar-refractivity contribution in [1.29, 1.82) is 0 Å².